The number of carboxylic acid groups (broad SMARTS) is 1. The Morgan fingerprint density at radius 1 is 1.33 bits per heavy atom. The fraction of sp³-hybridized carbons (Fsp3) is 0.300. The second kappa shape index (κ2) is 5.29. The number of carbonyl (C=O) groups is 1. The molecule has 1 aromatic carbocycles. The average molecular weight is 215 g/mol. The lowest BCUT2D eigenvalue weighted by molar-refractivity contribution is -0.136. The number of hydrogen-bond donors (Lipinski definition) is 2. The Hall–Kier alpha value is -1.65. The Kier molecular flexibility index (Phi) is 4.03. The minimum atomic E-state index is -2.47. The number of alkyl halides is 2. The van der Waals surface area contributed by atoms with Crippen molar-refractivity contribution in [1.29, 1.82) is 0 Å². The molecule has 0 radical (unpaired) electrons. The maximum Gasteiger partial charge on any atom is 0.305 e. The molecule has 0 aliphatic rings. The Morgan fingerprint density at radius 2 is 1.93 bits per heavy atom. The SMILES string of the molecule is O=C(O)CCNc1ccc(C(F)F)cc1. The Bertz CT molecular complexity index is 325. The average Bonchev–Trinajstić information content (AvgIpc) is 2.18. The highest BCUT2D eigenvalue weighted by atomic mass is 19.3. The van der Waals surface area contributed by atoms with Gasteiger partial charge in [-0.1, -0.05) is 12.1 Å². The van der Waals surface area contributed by atoms with Crippen LogP contribution in [0.2, 0.25) is 0 Å². The van der Waals surface area contributed by atoms with Gasteiger partial charge in [0.1, 0.15) is 0 Å². The van der Waals surface area contributed by atoms with Crippen LogP contribution in [0.5, 0.6) is 0 Å². The predicted octanol–water partition coefficient (Wildman–Crippen LogP) is 2.51. The first-order valence-corrected chi connectivity index (χ1v) is 4.43. The van der Waals surface area contributed by atoms with Gasteiger partial charge in [0.2, 0.25) is 0 Å². The first kappa shape index (κ1) is 11.4. The van der Waals surface area contributed by atoms with E-state index < -0.39 is 12.4 Å². The zero-order chi connectivity index (χ0) is 11.3. The number of carboxylic acids is 1. The summed E-state index contributed by atoms with van der Waals surface area (Å²) in [6.07, 6.45) is -2.48. The number of aliphatic carboxylic acids is 1. The topological polar surface area (TPSA) is 49.3 Å². The molecule has 2 N–H and O–H groups in total. The van der Waals surface area contributed by atoms with E-state index >= 15 is 0 Å². The third-order valence-corrected chi connectivity index (χ3v) is 1.83. The van der Waals surface area contributed by atoms with Crippen molar-refractivity contribution in [2.75, 3.05) is 11.9 Å². The standard InChI is InChI=1S/C10H11F2NO2/c11-10(12)7-1-3-8(4-2-7)13-6-5-9(14)15/h1-4,10,13H,5-6H2,(H,14,15). The summed E-state index contributed by atoms with van der Waals surface area (Å²) in [6, 6.07) is 5.63. The summed E-state index contributed by atoms with van der Waals surface area (Å²) in [7, 11) is 0. The summed E-state index contributed by atoms with van der Waals surface area (Å²) >= 11 is 0. The lowest BCUT2D eigenvalue weighted by Crippen LogP contribution is -2.07. The van der Waals surface area contributed by atoms with Gasteiger partial charge in [-0.15, -0.1) is 0 Å². The zero-order valence-electron chi connectivity index (χ0n) is 7.91. The van der Waals surface area contributed by atoms with Crippen molar-refractivity contribution in [2.45, 2.75) is 12.8 Å². The molecule has 0 saturated heterocycles. The minimum absolute atomic E-state index is 0.00337. The summed E-state index contributed by atoms with van der Waals surface area (Å²) < 4.78 is 24.3. The molecule has 0 unspecified atom stereocenters. The van der Waals surface area contributed by atoms with Crippen molar-refractivity contribution in [2.24, 2.45) is 0 Å². The molecule has 0 fully saturated rings. The Labute approximate surface area is 85.7 Å². The summed E-state index contributed by atoms with van der Waals surface area (Å²) in [5.41, 5.74) is 0.597. The van der Waals surface area contributed by atoms with E-state index in [9.17, 15) is 13.6 Å². The monoisotopic (exact) mass is 215 g/mol. The van der Waals surface area contributed by atoms with Gasteiger partial charge in [0, 0.05) is 17.8 Å². The van der Waals surface area contributed by atoms with Crippen molar-refractivity contribution in [3.63, 3.8) is 0 Å². The smallest absolute Gasteiger partial charge is 0.305 e. The fourth-order valence-electron chi connectivity index (χ4n) is 1.06. The summed E-state index contributed by atoms with van der Waals surface area (Å²) in [5.74, 6) is -0.897. The molecular formula is C10H11F2NO2. The molecule has 0 aliphatic carbocycles. The molecular weight excluding hydrogens is 204 g/mol. The molecule has 5 heteroatoms. The van der Waals surface area contributed by atoms with Crippen LogP contribution in [0.25, 0.3) is 0 Å². The molecule has 1 aromatic rings. The first-order chi connectivity index (χ1) is 7.09. The van der Waals surface area contributed by atoms with E-state index in [1.807, 2.05) is 0 Å². The molecule has 0 atom stereocenters. The van der Waals surface area contributed by atoms with Crippen molar-refractivity contribution < 1.29 is 18.7 Å². The normalized spacial score (nSPS) is 10.3. The summed E-state index contributed by atoms with van der Waals surface area (Å²) in [5, 5.41) is 11.2. The van der Waals surface area contributed by atoms with Crippen LogP contribution >= 0.6 is 0 Å². The number of halogens is 2. The highest BCUT2D eigenvalue weighted by Crippen LogP contribution is 2.20. The third kappa shape index (κ3) is 3.93. The zero-order valence-corrected chi connectivity index (χ0v) is 7.91. The van der Waals surface area contributed by atoms with Gasteiger partial charge in [-0.3, -0.25) is 4.79 Å². The first-order valence-electron chi connectivity index (χ1n) is 4.43. The number of rotatable bonds is 5. The molecule has 82 valence electrons. The van der Waals surface area contributed by atoms with Gasteiger partial charge in [-0.05, 0) is 12.1 Å². The van der Waals surface area contributed by atoms with Crippen LogP contribution in [0.1, 0.15) is 18.4 Å². The molecule has 1 rings (SSSR count). The van der Waals surface area contributed by atoms with Gasteiger partial charge in [-0.25, -0.2) is 8.78 Å². The molecule has 0 heterocycles. The van der Waals surface area contributed by atoms with Gasteiger partial charge < -0.3 is 10.4 Å². The number of anilines is 1. The predicted molar refractivity (Wildman–Crippen MR) is 52.1 cm³/mol. The molecule has 0 aliphatic heterocycles. The molecule has 0 saturated carbocycles. The summed E-state index contributed by atoms with van der Waals surface area (Å²) in [6.45, 7) is 0.281. The van der Waals surface area contributed by atoms with Crippen molar-refractivity contribution >= 4 is 11.7 Å². The maximum atomic E-state index is 12.2. The van der Waals surface area contributed by atoms with Crippen molar-refractivity contribution in [3.8, 4) is 0 Å². The third-order valence-electron chi connectivity index (χ3n) is 1.83. The van der Waals surface area contributed by atoms with E-state index in [4.69, 9.17) is 5.11 Å². The van der Waals surface area contributed by atoms with Gasteiger partial charge in [-0.2, -0.15) is 0 Å². The van der Waals surface area contributed by atoms with Crippen LogP contribution in [-0.4, -0.2) is 17.6 Å². The van der Waals surface area contributed by atoms with E-state index in [1.165, 1.54) is 24.3 Å². The van der Waals surface area contributed by atoms with Crippen LogP contribution in [0.4, 0.5) is 14.5 Å². The van der Waals surface area contributed by atoms with E-state index in [-0.39, 0.29) is 18.5 Å². The summed E-state index contributed by atoms with van der Waals surface area (Å²) in [4.78, 5) is 10.2. The maximum absolute atomic E-state index is 12.2. The molecule has 0 aromatic heterocycles. The van der Waals surface area contributed by atoms with E-state index in [1.54, 1.807) is 0 Å². The fourth-order valence-corrected chi connectivity index (χ4v) is 1.06. The van der Waals surface area contributed by atoms with Gasteiger partial charge in [0.15, 0.2) is 0 Å². The van der Waals surface area contributed by atoms with Crippen LogP contribution < -0.4 is 5.32 Å². The van der Waals surface area contributed by atoms with Gasteiger partial charge in [0.05, 0.1) is 6.42 Å². The number of nitrogens with one attached hydrogen (secondary N) is 1. The second-order valence-electron chi connectivity index (χ2n) is 2.99. The highest BCUT2D eigenvalue weighted by Gasteiger charge is 2.05. The van der Waals surface area contributed by atoms with Crippen LogP contribution in [-0.2, 0) is 4.79 Å². The van der Waals surface area contributed by atoms with Crippen LogP contribution in [0, 0.1) is 0 Å². The van der Waals surface area contributed by atoms with Crippen LogP contribution in [0.15, 0.2) is 24.3 Å². The largest absolute Gasteiger partial charge is 0.481 e. The van der Waals surface area contributed by atoms with Gasteiger partial charge >= 0.3 is 5.97 Å². The quantitative estimate of drug-likeness (QED) is 0.793. The lowest BCUT2D eigenvalue weighted by Gasteiger charge is -2.05. The van der Waals surface area contributed by atoms with E-state index in [0.29, 0.717) is 5.69 Å². The molecule has 0 spiro atoms. The second-order valence-corrected chi connectivity index (χ2v) is 2.99. The molecule has 0 amide bonds. The number of benzene rings is 1. The highest BCUT2D eigenvalue weighted by molar-refractivity contribution is 5.67. The molecule has 15 heavy (non-hydrogen) atoms. The molecule has 3 nitrogen and oxygen atoms in total. The molecule has 0 bridgehead atoms. The lowest BCUT2D eigenvalue weighted by atomic mass is 10.2. The van der Waals surface area contributed by atoms with E-state index in [0.717, 1.165) is 0 Å². The Morgan fingerprint density at radius 3 is 2.40 bits per heavy atom. The van der Waals surface area contributed by atoms with Gasteiger partial charge in [0.25, 0.3) is 6.43 Å². The van der Waals surface area contributed by atoms with Crippen molar-refractivity contribution in [1.82, 2.24) is 0 Å². The Balaban J connectivity index is 2.46. The van der Waals surface area contributed by atoms with E-state index in [2.05, 4.69) is 5.32 Å². The number of hydrogen-bond acceptors (Lipinski definition) is 2. The van der Waals surface area contributed by atoms with Crippen LogP contribution in [0.3, 0.4) is 0 Å². The minimum Gasteiger partial charge on any atom is -0.481 e. The van der Waals surface area contributed by atoms with Crippen molar-refractivity contribution in [3.05, 3.63) is 29.8 Å².